The number of amides is 2. The third-order valence-electron chi connectivity index (χ3n) is 4.45. The van der Waals surface area contributed by atoms with Crippen LogP contribution in [0.3, 0.4) is 0 Å². The predicted octanol–water partition coefficient (Wildman–Crippen LogP) is 4.86. The van der Waals surface area contributed by atoms with Gasteiger partial charge >= 0.3 is 17.8 Å². The molecule has 168 valence electrons. The van der Waals surface area contributed by atoms with E-state index >= 15 is 0 Å². The Morgan fingerprint density at radius 2 is 1.64 bits per heavy atom. The van der Waals surface area contributed by atoms with Crippen LogP contribution in [0, 0.1) is 0 Å². The molecule has 0 bridgehead atoms. The molecule has 3 aromatic carbocycles. The van der Waals surface area contributed by atoms with Crippen molar-refractivity contribution in [3.8, 4) is 5.75 Å². The highest BCUT2D eigenvalue weighted by atomic mass is 35.5. The molecule has 3 aromatic rings. The molecular formula is C24H19Cl2N3O4. The van der Waals surface area contributed by atoms with Gasteiger partial charge in [0.25, 0.3) is 0 Å². The number of hydrogen-bond acceptors (Lipinski definition) is 5. The topological polar surface area (TPSA) is 96.9 Å². The molecule has 0 saturated heterocycles. The lowest BCUT2D eigenvalue weighted by Crippen LogP contribution is -2.32. The maximum Gasteiger partial charge on any atom is 0.345 e. The number of halogens is 2. The number of rotatable bonds is 6. The van der Waals surface area contributed by atoms with Gasteiger partial charge in [0, 0.05) is 10.7 Å². The number of aryl methyl sites for hydroxylation is 1. The van der Waals surface area contributed by atoms with E-state index in [0.29, 0.717) is 22.0 Å². The molecule has 0 atom stereocenters. The van der Waals surface area contributed by atoms with E-state index in [1.807, 2.05) is 19.1 Å². The van der Waals surface area contributed by atoms with Crippen LogP contribution in [0.4, 0.5) is 5.69 Å². The Hall–Kier alpha value is -3.68. The molecule has 3 rings (SSSR count). The zero-order chi connectivity index (χ0) is 23.8. The zero-order valence-electron chi connectivity index (χ0n) is 17.5. The summed E-state index contributed by atoms with van der Waals surface area (Å²) in [6.07, 6.45) is 2.23. The Kier molecular flexibility index (Phi) is 8.18. The van der Waals surface area contributed by atoms with E-state index in [1.165, 1.54) is 18.3 Å². The van der Waals surface area contributed by atoms with Crippen molar-refractivity contribution < 1.29 is 19.1 Å². The van der Waals surface area contributed by atoms with Gasteiger partial charge in [0.05, 0.1) is 16.8 Å². The summed E-state index contributed by atoms with van der Waals surface area (Å²) in [5.74, 6) is -2.07. The Labute approximate surface area is 200 Å². The van der Waals surface area contributed by atoms with Gasteiger partial charge in [-0.05, 0) is 72.1 Å². The SMILES string of the molecule is CCc1ccc(NC(=O)C(=O)N/N=C\c2ccc(OC(=O)c3ccc(Cl)cc3Cl)cc2)cc1. The Morgan fingerprint density at radius 1 is 0.939 bits per heavy atom. The molecule has 0 aliphatic carbocycles. The summed E-state index contributed by atoms with van der Waals surface area (Å²) in [5, 5.41) is 6.87. The van der Waals surface area contributed by atoms with Crippen molar-refractivity contribution in [1.29, 1.82) is 0 Å². The number of benzene rings is 3. The van der Waals surface area contributed by atoms with Crippen LogP contribution in [0.25, 0.3) is 0 Å². The minimum absolute atomic E-state index is 0.189. The fourth-order valence-corrected chi connectivity index (χ4v) is 3.15. The first-order valence-corrected chi connectivity index (χ1v) is 10.6. The number of nitrogens with one attached hydrogen (secondary N) is 2. The second-order valence-electron chi connectivity index (χ2n) is 6.79. The molecular weight excluding hydrogens is 465 g/mol. The van der Waals surface area contributed by atoms with Gasteiger partial charge in [0.2, 0.25) is 0 Å². The van der Waals surface area contributed by atoms with E-state index in [2.05, 4.69) is 15.8 Å². The average molecular weight is 484 g/mol. The molecule has 0 unspecified atom stereocenters. The monoisotopic (exact) mass is 483 g/mol. The zero-order valence-corrected chi connectivity index (χ0v) is 19.0. The van der Waals surface area contributed by atoms with Crippen LogP contribution in [0.2, 0.25) is 10.0 Å². The van der Waals surface area contributed by atoms with Gasteiger partial charge in [-0.2, -0.15) is 5.10 Å². The third-order valence-corrected chi connectivity index (χ3v) is 5.00. The summed E-state index contributed by atoms with van der Waals surface area (Å²) in [6.45, 7) is 2.02. The molecule has 2 amide bonds. The van der Waals surface area contributed by atoms with Crippen LogP contribution in [0.15, 0.2) is 71.8 Å². The number of hydrazone groups is 1. The number of hydrogen-bond donors (Lipinski definition) is 2. The van der Waals surface area contributed by atoms with Crippen LogP contribution in [-0.4, -0.2) is 24.0 Å². The second kappa shape index (κ2) is 11.3. The van der Waals surface area contributed by atoms with E-state index in [-0.39, 0.29) is 10.6 Å². The van der Waals surface area contributed by atoms with Crippen LogP contribution >= 0.6 is 23.2 Å². The number of ether oxygens (including phenoxy) is 1. The summed E-state index contributed by atoms with van der Waals surface area (Å²) in [4.78, 5) is 36.1. The van der Waals surface area contributed by atoms with Crippen molar-refractivity contribution >= 4 is 52.9 Å². The Balaban J connectivity index is 1.51. The molecule has 2 N–H and O–H groups in total. The fraction of sp³-hybridized carbons (Fsp3) is 0.0833. The summed E-state index contributed by atoms with van der Waals surface area (Å²) < 4.78 is 5.29. The molecule has 0 fully saturated rings. The molecule has 0 aliphatic heterocycles. The minimum Gasteiger partial charge on any atom is -0.423 e. The van der Waals surface area contributed by atoms with Crippen LogP contribution < -0.4 is 15.5 Å². The maximum atomic E-state index is 12.2. The van der Waals surface area contributed by atoms with Crippen molar-refractivity contribution in [2.45, 2.75) is 13.3 Å². The summed E-state index contributed by atoms with van der Waals surface area (Å²) in [6, 6.07) is 18.0. The smallest absolute Gasteiger partial charge is 0.345 e. The van der Waals surface area contributed by atoms with E-state index < -0.39 is 17.8 Å². The first-order chi connectivity index (χ1) is 15.9. The van der Waals surface area contributed by atoms with Crippen molar-refractivity contribution in [3.63, 3.8) is 0 Å². The molecule has 33 heavy (non-hydrogen) atoms. The molecule has 0 radical (unpaired) electrons. The molecule has 7 nitrogen and oxygen atoms in total. The second-order valence-corrected chi connectivity index (χ2v) is 7.63. The van der Waals surface area contributed by atoms with Gasteiger partial charge in [-0.3, -0.25) is 9.59 Å². The molecule has 0 aliphatic rings. The standard InChI is InChI=1S/C24H19Cl2N3O4/c1-2-15-3-8-18(9-4-15)28-22(30)23(31)29-27-14-16-5-10-19(11-6-16)33-24(32)20-12-7-17(25)13-21(20)26/h3-14H,2H2,1H3,(H,28,30)(H,29,31)/b27-14-. The molecule has 0 heterocycles. The van der Waals surface area contributed by atoms with E-state index in [0.717, 1.165) is 12.0 Å². The van der Waals surface area contributed by atoms with E-state index in [4.69, 9.17) is 27.9 Å². The lowest BCUT2D eigenvalue weighted by molar-refractivity contribution is -0.136. The van der Waals surface area contributed by atoms with E-state index in [9.17, 15) is 14.4 Å². The highest BCUT2D eigenvalue weighted by Crippen LogP contribution is 2.23. The summed E-state index contributed by atoms with van der Waals surface area (Å²) >= 11 is 11.8. The van der Waals surface area contributed by atoms with Gasteiger partial charge in [-0.25, -0.2) is 10.2 Å². The van der Waals surface area contributed by atoms with Crippen molar-refractivity contribution in [1.82, 2.24) is 5.43 Å². The van der Waals surface area contributed by atoms with Crippen LogP contribution in [0.1, 0.15) is 28.4 Å². The Morgan fingerprint density at radius 3 is 2.27 bits per heavy atom. The molecule has 9 heteroatoms. The first-order valence-electron chi connectivity index (χ1n) is 9.86. The maximum absolute atomic E-state index is 12.2. The normalized spacial score (nSPS) is 10.6. The van der Waals surface area contributed by atoms with Gasteiger partial charge in [0.15, 0.2) is 0 Å². The first kappa shape index (κ1) is 24.0. The van der Waals surface area contributed by atoms with E-state index in [1.54, 1.807) is 42.5 Å². The highest BCUT2D eigenvalue weighted by Gasteiger charge is 2.14. The number of carbonyl (C=O) groups is 3. The number of carbonyl (C=O) groups excluding carboxylic acids is 3. The molecule has 0 saturated carbocycles. The predicted molar refractivity (Wildman–Crippen MR) is 128 cm³/mol. The van der Waals surface area contributed by atoms with Gasteiger partial charge < -0.3 is 10.1 Å². The number of nitrogens with zero attached hydrogens (tertiary/aromatic N) is 1. The highest BCUT2D eigenvalue weighted by molar-refractivity contribution is 6.39. The van der Waals surface area contributed by atoms with Gasteiger partial charge in [-0.1, -0.05) is 42.3 Å². The van der Waals surface area contributed by atoms with Crippen LogP contribution in [-0.2, 0) is 16.0 Å². The van der Waals surface area contributed by atoms with Crippen LogP contribution in [0.5, 0.6) is 5.75 Å². The lowest BCUT2D eigenvalue weighted by atomic mass is 10.1. The third kappa shape index (κ3) is 6.90. The van der Waals surface area contributed by atoms with Crippen molar-refractivity contribution in [2.75, 3.05) is 5.32 Å². The van der Waals surface area contributed by atoms with Gasteiger partial charge in [0.1, 0.15) is 5.75 Å². The lowest BCUT2D eigenvalue weighted by Gasteiger charge is -2.06. The fourth-order valence-electron chi connectivity index (χ4n) is 2.67. The Bertz CT molecular complexity index is 1190. The largest absolute Gasteiger partial charge is 0.423 e. The minimum atomic E-state index is -0.906. The average Bonchev–Trinajstić information content (AvgIpc) is 2.80. The van der Waals surface area contributed by atoms with Crippen molar-refractivity contribution in [2.24, 2.45) is 5.10 Å². The quantitative estimate of drug-likeness (QED) is 0.172. The molecule has 0 aromatic heterocycles. The number of anilines is 1. The number of esters is 1. The summed E-state index contributed by atoms with van der Waals surface area (Å²) in [7, 11) is 0. The van der Waals surface area contributed by atoms with Crippen molar-refractivity contribution in [3.05, 3.63) is 93.5 Å². The molecule has 0 spiro atoms. The van der Waals surface area contributed by atoms with Gasteiger partial charge in [-0.15, -0.1) is 0 Å². The summed E-state index contributed by atoms with van der Waals surface area (Å²) in [5.41, 5.74) is 4.59.